The number of anilines is 1. The summed E-state index contributed by atoms with van der Waals surface area (Å²) in [5.74, 6) is 0.849. The van der Waals surface area contributed by atoms with E-state index < -0.39 is 0 Å². The second-order valence-corrected chi connectivity index (χ2v) is 5.56. The highest BCUT2D eigenvalue weighted by Gasteiger charge is 2.28. The minimum absolute atomic E-state index is 0.113. The Bertz CT molecular complexity index is 523. The highest BCUT2D eigenvalue weighted by atomic mass is 32.1. The lowest BCUT2D eigenvalue weighted by atomic mass is 10.0. The third kappa shape index (κ3) is 2.89. The monoisotopic (exact) mass is 276 g/mol. The number of ether oxygens (including phenoxy) is 1. The molecule has 1 aromatic carbocycles. The molecule has 0 amide bonds. The van der Waals surface area contributed by atoms with Gasteiger partial charge in [-0.3, -0.25) is 4.90 Å². The Hall–Kier alpha value is -1.55. The van der Waals surface area contributed by atoms with Crippen LogP contribution in [0.25, 0.3) is 0 Å². The second kappa shape index (κ2) is 5.21. The summed E-state index contributed by atoms with van der Waals surface area (Å²) in [5, 5.41) is 4.04. The van der Waals surface area contributed by atoms with Crippen molar-refractivity contribution >= 4 is 23.0 Å². The molecule has 0 fully saturated rings. The van der Waals surface area contributed by atoms with Gasteiger partial charge in [-0.05, 0) is 58.1 Å². The second-order valence-electron chi connectivity index (χ2n) is 5.17. The molecule has 0 unspecified atom stereocenters. The van der Waals surface area contributed by atoms with E-state index in [1.165, 1.54) is 0 Å². The fourth-order valence-electron chi connectivity index (χ4n) is 2.33. The summed E-state index contributed by atoms with van der Waals surface area (Å²) in [5.41, 5.74) is 1.98. The molecule has 1 N–H and O–H groups in total. The van der Waals surface area contributed by atoms with Gasteiger partial charge >= 0.3 is 0 Å². The van der Waals surface area contributed by atoms with E-state index in [0.29, 0.717) is 11.7 Å². The Balaban J connectivity index is 2.44. The van der Waals surface area contributed by atoms with Crippen LogP contribution in [0.1, 0.15) is 27.7 Å². The topological polar surface area (TPSA) is 24.5 Å². The predicted molar refractivity (Wildman–Crippen MR) is 83.7 cm³/mol. The maximum atomic E-state index is 5.68. The number of hydrogen-bond donors (Lipinski definition) is 1. The molecular formula is C15H20N2OS. The van der Waals surface area contributed by atoms with Crippen LogP contribution in [0.2, 0.25) is 0 Å². The summed E-state index contributed by atoms with van der Waals surface area (Å²) >= 11 is 5.50. The van der Waals surface area contributed by atoms with Crippen LogP contribution in [0.5, 0.6) is 5.75 Å². The van der Waals surface area contributed by atoms with Crippen LogP contribution in [-0.4, -0.2) is 17.3 Å². The summed E-state index contributed by atoms with van der Waals surface area (Å²) in [7, 11) is 0. The van der Waals surface area contributed by atoms with Crippen LogP contribution < -0.4 is 15.0 Å². The standard InChI is InChI=1S/C15H20N2OS/c1-5-18-13-9-7-6-8-12(13)17-11(2)10-15(3,4)16-14(17)19/h6-10H,5H2,1-4H3,(H,16,19). The summed E-state index contributed by atoms with van der Waals surface area (Å²) in [6.45, 7) is 8.90. The van der Waals surface area contributed by atoms with Crippen LogP contribution in [0.4, 0.5) is 5.69 Å². The number of rotatable bonds is 3. The molecule has 0 aliphatic carbocycles. The number of nitrogens with one attached hydrogen (secondary N) is 1. The van der Waals surface area contributed by atoms with Crippen molar-refractivity contribution in [2.24, 2.45) is 0 Å². The van der Waals surface area contributed by atoms with Crippen molar-refractivity contribution in [3.63, 3.8) is 0 Å². The van der Waals surface area contributed by atoms with Crippen LogP contribution in [0.3, 0.4) is 0 Å². The molecule has 1 aromatic rings. The van der Waals surface area contributed by atoms with Crippen molar-refractivity contribution < 1.29 is 4.74 Å². The Morgan fingerprint density at radius 2 is 2.00 bits per heavy atom. The normalized spacial score (nSPS) is 17.8. The quantitative estimate of drug-likeness (QED) is 0.855. The maximum Gasteiger partial charge on any atom is 0.178 e. The number of hydrogen-bond acceptors (Lipinski definition) is 2. The highest BCUT2D eigenvalue weighted by Crippen LogP contribution is 2.33. The molecule has 0 radical (unpaired) electrons. The molecule has 19 heavy (non-hydrogen) atoms. The number of allylic oxidation sites excluding steroid dienone is 1. The van der Waals surface area contributed by atoms with E-state index in [4.69, 9.17) is 17.0 Å². The summed E-state index contributed by atoms with van der Waals surface area (Å²) < 4.78 is 5.68. The SMILES string of the molecule is CCOc1ccccc1N1C(=S)NC(C)(C)C=C1C. The van der Waals surface area contributed by atoms with Gasteiger partial charge in [-0.25, -0.2) is 0 Å². The molecule has 0 aromatic heterocycles. The molecule has 102 valence electrons. The number of nitrogens with zero attached hydrogens (tertiary/aromatic N) is 1. The van der Waals surface area contributed by atoms with E-state index in [9.17, 15) is 0 Å². The highest BCUT2D eigenvalue weighted by molar-refractivity contribution is 7.80. The van der Waals surface area contributed by atoms with Crippen molar-refractivity contribution in [1.82, 2.24) is 5.32 Å². The van der Waals surface area contributed by atoms with Gasteiger partial charge in [0, 0.05) is 5.70 Å². The number of benzene rings is 1. The van der Waals surface area contributed by atoms with E-state index in [-0.39, 0.29) is 5.54 Å². The average molecular weight is 276 g/mol. The van der Waals surface area contributed by atoms with Gasteiger partial charge in [0.2, 0.25) is 0 Å². The summed E-state index contributed by atoms with van der Waals surface area (Å²) in [6, 6.07) is 7.95. The van der Waals surface area contributed by atoms with Crippen molar-refractivity contribution in [1.29, 1.82) is 0 Å². The van der Waals surface area contributed by atoms with Gasteiger partial charge in [-0.1, -0.05) is 12.1 Å². The maximum absolute atomic E-state index is 5.68. The van der Waals surface area contributed by atoms with E-state index in [1.807, 2.05) is 36.1 Å². The Morgan fingerprint density at radius 3 is 2.63 bits per heavy atom. The molecular weight excluding hydrogens is 256 g/mol. The minimum atomic E-state index is -0.113. The van der Waals surface area contributed by atoms with Crippen molar-refractivity contribution in [2.45, 2.75) is 33.2 Å². The summed E-state index contributed by atoms with van der Waals surface area (Å²) in [6.07, 6.45) is 2.17. The fourth-order valence-corrected chi connectivity index (χ4v) is 2.84. The minimum Gasteiger partial charge on any atom is -0.492 e. The Morgan fingerprint density at radius 1 is 1.32 bits per heavy atom. The van der Waals surface area contributed by atoms with Crippen LogP contribution in [0, 0.1) is 0 Å². The van der Waals surface area contributed by atoms with Gasteiger partial charge in [0.1, 0.15) is 5.75 Å². The Kier molecular flexibility index (Phi) is 3.80. The lowest BCUT2D eigenvalue weighted by molar-refractivity contribution is 0.341. The average Bonchev–Trinajstić information content (AvgIpc) is 2.29. The number of thiocarbonyl (C=S) groups is 1. The van der Waals surface area contributed by atoms with Gasteiger partial charge in [0.15, 0.2) is 5.11 Å². The third-order valence-corrected chi connectivity index (χ3v) is 3.25. The largest absolute Gasteiger partial charge is 0.492 e. The molecule has 3 nitrogen and oxygen atoms in total. The molecule has 4 heteroatoms. The zero-order valence-electron chi connectivity index (χ0n) is 11.9. The van der Waals surface area contributed by atoms with Gasteiger partial charge in [0.05, 0.1) is 17.8 Å². The molecule has 2 rings (SSSR count). The van der Waals surface area contributed by atoms with E-state index in [1.54, 1.807) is 0 Å². The molecule has 0 saturated carbocycles. The van der Waals surface area contributed by atoms with Gasteiger partial charge in [-0.15, -0.1) is 0 Å². The first-order chi connectivity index (χ1) is 8.94. The van der Waals surface area contributed by atoms with Gasteiger partial charge in [0.25, 0.3) is 0 Å². The molecule has 1 aliphatic heterocycles. The van der Waals surface area contributed by atoms with Crippen molar-refractivity contribution in [2.75, 3.05) is 11.5 Å². The lowest BCUT2D eigenvalue weighted by Crippen LogP contribution is -2.53. The van der Waals surface area contributed by atoms with Gasteiger partial charge < -0.3 is 10.1 Å². The molecule has 1 heterocycles. The first kappa shape index (κ1) is 13.9. The van der Waals surface area contributed by atoms with Crippen LogP contribution >= 0.6 is 12.2 Å². The molecule has 0 bridgehead atoms. The third-order valence-electron chi connectivity index (χ3n) is 2.96. The summed E-state index contributed by atoms with van der Waals surface area (Å²) in [4.78, 5) is 2.02. The first-order valence-corrected chi connectivity index (χ1v) is 6.89. The van der Waals surface area contributed by atoms with Crippen LogP contribution in [0.15, 0.2) is 36.0 Å². The molecule has 0 saturated heterocycles. The lowest BCUT2D eigenvalue weighted by Gasteiger charge is -2.38. The zero-order chi connectivity index (χ0) is 14.0. The predicted octanol–water partition coefficient (Wildman–Crippen LogP) is 3.46. The van der Waals surface area contributed by atoms with Crippen LogP contribution in [-0.2, 0) is 0 Å². The Labute approximate surface area is 120 Å². The molecule has 1 aliphatic rings. The molecule has 0 atom stereocenters. The number of para-hydroxylation sites is 2. The van der Waals surface area contributed by atoms with E-state index >= 15 is 0 Å². The fraction of sp³-hybridized carbons (Fsp3) is 0.400. The van der Waals surface area contributed by atoms with E-state index in [0.717, 1.165) is 17.1 Å². The van der Waals surface area contributed by atoms with E-state index in [2.05, 4.69) is 32.2 Å². The zero-order valence-corrected chi connectivity index (χ0v) is 12.7. The van der Waals surface area contributed by atoms with Gasteiger partial charge in [-0.2, -0.15) is 0 Å². The van der Waals surface area contributed by atoms with Crippen molar-refractivity contribution in [3.8, 4) is 5.75 Å². The smallest absolute Gasteiger partial charge is 0.178 e. The van der Waals surface area contributed by atoms with Crippen molar-refractivity contribution in [3.05, 3.63) is 36.0 Å². The first-order valence-electron chi connectivity index (χ1n) is 6.48. The molecule has 0 spiro atoms.